The number of guanidine groups is 1. The van der Waals surface area contributed by atoms with Crippen LogP contribution in [0, 0.1) is 5.82 Å². The summed E-state index contributed by atoms with van der Waals surface area (Å²) in [5.41, 5.74) is 0.933. The van der Waals surface area contributed by atoms with E-state index in [1.807, 2.05) is 34.0 Å². The molecule has 4 heterocycles. The minimum absolute atomic E-state index is 0.190. The Hall–Kier alpha value is -2.68. The third-order valence-corrected chi connectivity index (χ3v) is 5.22. The lowest BCUT2D eigenvalue weighted by Gasteiger charge is -2.19. The van der Waals surface area contributed by atoms with Gasteiger partial charge in [-0.05, 0) is 25.5 Å². The van der Waals surface area contributed by atoms with E-state index < -0.39 is 0 Å². The smallest absolute Gasteiger partial charge is 0.193 e. The van der Waals surface area contributed by atoms with Gasteiger partial charge in [-0.1, -0.05) is 0 Å². The summed E-state index contributed by atoms with van der Waals surface area (Å²) in [5.74, 6) is 0.891. The van der Waals surface area contributed by atoms with Crippen molar-refractivity contribution in [2.75, 3.05) is 24.5 Å². The molecule has 0 aromatic carbocycles. The van der Waals surface area contributed by atoms with Gasteiger partial charge in [0.15, 0.2) is 22.6 Å². The fraction of sp³-hybridized carbons (Fsp3) is 0.389. The number of rotatable bonds is 5. The number of anilines is 1. The molecule has 27 heavy (non-hydrogen) atoms. The van der Waals surface area contributed by atoms with E-state index in [0.717, 1.165) is 36.1 Å². The van der Waals surface area contributed by atoms with Crippen LogP contribution in [0.1, 0.15) is 19.0 Å². The van der Waals surface area contributed by atoms with Crippen molar-refractivity contribution < 1.29 is 4.39 Å². The third kappa shape index (κ3) is 4.02. The highest BCUT2D eigenvalue weighted by Crippen LogP contribution is 2.20. The highest BCUT2D eigenvalue weighted by Gasteiger charge is 2.25. The molecule has 2 N–H and O–H groups in total. The molecule has 0 amide bonds. The van der Waals surface area contributed by atoms with Crippen LogP contribution in [0.15, 0.2) is 41.1 Å². The summed E-state index contributed by atoms with van der Waals surface area (Å²) < 4.78 is 16.0. The number of hydrogen-bond acceptors (Lipinski definition) is 5. The lowest BCUT2D eigenvalue weighted by molar-refractivity contribution is 0.612. The monoisotopic (exact) mass is 387 g/mol. The van der Waals surface area contributed by atoms with Crippen molar-refractivity contribution in [3.8, 4) is 0 Å². The Kier molecular flexibility index (Phi) is 5.19. The standard InChI is InChI=1S/C18H22FN7S/c1-2-20-17(22-10-14-12-26-8-9-27-18(26)24-14)23-13-5-7-25(11-13)16-15(19)4-3-6-21-16/h3-4,6,8-9,12-13H,2,5,7,10-11H2,1H3,(H2,20,22,23). The molecule has 0 bridgehead atoms. The van der Waals surface area contributed by atoms with Crippen molar-refractivity contribution >= 4 is 28.1 Å². The van der Waals surface area contributed by atoms with Crippen molar-refractivity contribution in [1.29, 1.82) is 0 Å². The predicted molar refractivity (Wildman–Crippen MR) is 106 cm³/mol. The Morgan fingerprint density at radius 1 is 1.48 bits per heavy atom. The zero-order valence-corrected chi connectivity index (χ0v) is 15.9. The van der Waals surface area contributed by atoms with Crippen LogP contribution in [0.3, 0.4) is 0 Å². The summed E-state index contributed by atoms with van der Waals surface area (Å²) in [6.45, 7) is 4.78. The molecule has 3 aromatic heterocycles. The number of halogens is 1. The number of thiazole rings is 1. The average Bonchev–Trinajstić information content (AvgIpc) is 3.36. The van der Waals surface area contributed by atoms with Gasteiger partial charge in [0.25, 0.3) is 0 Å². The lowest BCUT2D eigenvalue weighted by Crippen LogP contribution is -2.44. The first-order valence-corrected chi connectivity index (χ1v) is 9.92. The van der Waals surface area contributed by atoms with E-state index in [0.29, 0.717) is 18.9 Å². The van der Waals surface area contributed by atoms with Crippen LogP contribution in [0.25, 0.3) is 4.96 Å². The lowest BCUT2D eigenvalue weighted by atomic mass is 10.3. The van der Waals surface area contributed by atoms with Gasteiger partial charge in [-0.2, -0.15) is 0 Å². The largest absolute Gasteiger partial charge is 0.357 e. The van der Waals surface area contributed by atoms with Crippen molar-refractivity contribution in [1.82, 2.24) is 25.0 Å². The molecule has 1 saturated heterocycles. The number of imidazole rings is 1. The topological polar surface area (TPSA) is 69.8 Å². The molecule has 0 saturated carbocycles. The summed E-state index contributed by atoms with van der Waals surface area (Å²) in [6.07, 6.45) is 6.52. The van der Waals surface area contributed by atoms with Gasteiger partial charge in [-0.15, -0.1) is 11.3 Å². The molecule has 1 aliphatic heterocycles. The molecule has 9 heteroatoms. The number of hydrogen-bond donors (Lipinski definition) is 2. The normalized spacial score (nSPS) is 17.6. The zero-order valence-electron chi connectivity index (χ0n) is 15.1. The predicted octanol–water partition coefficient (Wildman–Crippen LogP) is 2.26. The van der Waals surface area contributed by atoms with Crippen LogP contribution >= 0.6 is 11.3 Å². The molecule has 3 aromatic rings. The first-order valence-electron chi connectivity index (χ1n) is 9.04. The number of aromatic nitrogens is 3. The quantitative estimate of drug-likeness (QED) is 0.519. The molecule has 0 aliphatic carbocycles. The Morgan fingerprint density at radius 2 is 2.41 bits per heavy atom. The van der Waals surface area contributed by atoms with Crippen molar-refractivity contribution in [3.05, 3.63) is 47.6 Å². The van der Waals surface area contributed by atoms with E-state index in [4.69, 9.17) is 0 Å². The van der Waals surface area contributed by atoms with Crippen LogP contribution in [-0.4, -0.2) is 46.0 Å². The molecule has 1 aliphatic rings. The minimum Gasteiger partial charge on any atom is -0.357 e. The van der Waals surface area contributed by atoms with Crippen molar-refractivity contribution in [2.24, 2.45) is 4.99 Å². The van der Waals surface area contributed by atoms with E-state index in [9.17, 15) is 4.39 Å². The maximum absolute atomic E-state index is 14.0. The average molecular weight is 387 g/mol. The molecular weight excluding hydrogens is 365 g/mol. The Bertz CT molecular complexity index is 906. The van der Waals surface area contributed by atoms with Gasteiger partial charge in [-0.3, -0.25) is 4.40 Å². The van der Waals surface area contributed by atoms with Crippen LogP contribution in [0.5, 0.6) is 0 Å². The third-order valence-electron chi connectivity index (χ3n) is 4.45. The molecule has 4 rings (SSSR count). The van der Waals surface area contributed by atoms with Gasteiger partial charge in [-0.25, -0.2) is 19.4 Å². The van der Waals surface area contributed by atoms with Gasteiger partial charge in [0.1, 0.15) is 0 Å². The second-order valence-electron chi connectivity index (χ2n) is 6.41. The van der Waals surface area contributed by atoms with E-state index in [-0.39, 0.29) is 11.9 Å². The number of nitrogens with one attached hydrogen (secondary N) is 2. The summed E-state index contributed by atoms with van der Waals surface area (Å²) >= 11 is 1.61. The molecule has 1 unspecified atom stereocenters. The van der Waals surface area contributed by atoms with Crippen LogP contribution < -0.4 is 15.5 Å². The molecule has 7 nitrogen and oxygen atoms in total. The fourth-order valence-electron chi connectivity index (χ4n) is 3.21. The Labute approximate surface area is 161 Å². The number of aliphatic imine (C=N–C) groups is 1. The summed E-state index contributed by atoms with van der Waals surface area (Å²) in [6, 6.07) is 3.25. The van der Waals surface area contributed by atoms with Crippen molar-refractivity contribution in [2.45, 2.75) is 25.9 Å². The summed E-state index contributed by atoms with van der Waals surface area (Å²) in [5, 5.41) is 8.73. The second-order valence-corrected chi connectivity index (χ2v) is 7.28. The molecule has 1 atom stereocenters. The van der Waals surface area contributed by atoms with E-state index in [2.05, 4.69) is 25.6 Å². The maximum atomic E-state index is 14.0. The van der Waals surface area contributed by atoms with Crippen LogP contribution in [0.2, 0.25) is 0 Å². The fourth-order valence-corrected chi connectivity index (χ4v) is 3.93. The number of fused-ring (bicyclic) bond motifs is 1. The van der Waals surface area contributed by atoms with Crippen molar-refractivity contribution in [3.63, 3.8) is 0 Å². The number of nitrogens with zero attached hydrogens (tertiary/aromatic N) is 5. The zero-order chi connectivity index (χ0) is 18.6. The first kappa shape index (κ1) is 17.7. The molecule has 142 valence electrons. The second kappa shape index (κ2) is 7.91. The SMILES string of the molecule is CCNC(=NCc1cn2ccsc2n1)NC1CCN(c2ncccc2F)C1. The van der Waals surface area contributed by atoms with Gasteiger partial charge in [0.05, 0.1) is 12.2 Å². The summed E-state index contributed by atoms with van der Waals surface area (Å²) in [4.78, 5) is 16.3. The highest BCUT2D eigenvalue weighted by molar-refractivity contribution is 7.15. The van der Waals surface area contributed by atoms with Crippen LogP contribution in [0.4, 0.5) is 10.2 Å². The van der Waals surface area contributed by atoms with Crippen LogP contribution in [-0.2, 0) is 6.54 Å². The molecular formula is C18H22FN7S. The minimum atomic E-state index is -0.279. The highest BCUT2D eigenvalue weighted by atomic mass is 32.1. The van der Waals surface area contributed by atoms with Gasteiger partial charge in [0, 0.05) is 49.6 Å². The first-order chi connectivity index (χ1) is 13.2. The maximum Gasteiger partial charge on any atom is 0.193 e. The Morgan fingerprint density at radius 3 is 3.22 bits per heavy atom. The Balaban J connectivity index is 1.39. The van der Waals surface area contributed by atoms with Gasteiger partial charge >= 0.3 is 0 Å². The van der Waals surface area contributed by atoms with Gasteiger partial charge < -0.3 is 15.5 Å². The molecule has 1 fully saturated rings. The molecule has 0 radical (unpaired) electrons. The van der Waals surface area contributed by atoms with E-state index >= 15 is 0 Å². The van der Waals surface area contributed by atoms with E-state index in [1.165, 1.54) is 6.07 Å². The van der Waals surface area contributed by atoms with Gasteiger partial charge in [0.2, 0.25) is 0 Å². The molecule has 0 spiro atoms. The summed E-state index contributed by atoms with van der Waals surface area (Å²) in [7, 11) is 0. The number of pyridine rings is 1. The van der Waals surface area contributed by atoms with E-state index in [1.54, 1.807) is 23.6 Å².